The maximum absolute atomic E-state index is 12.8. The second kappa shape index (κ2) is 9.10. The summed E-state index contributed by atoms with van der Waals surface area (Å²) in [7, 11) is 0. The summed E-state index contributed by atoms with van der Waals surface area (Å²) < 4.78 is 2.70. The molecule has 0 atom stereocenters. The normalized spacial score (nSPS) is 10.3. The van der Waals surface area contributed by atoms with Crippen molar-refractivity contribution in [2.75, 3.05) is 0 Å². The van der Waals surface area contributed by atoms with E-state index in [9.17, 15) is 19.5 Å². The molecule has 0 aliphatic heterocycles. The number of carboxylic acid groups (broad SMARTS) is 1. The Morgan fingerprint density at radius 1 is 1.07 bits per heavy atom. The Bertz CT molecular complexity index is 1200. The Kier molecular flexibility index (Phi) is 6.33. The van der Waals surface area contributed by atoms with Crippen molar-refractivity contribution < 1.29 is 14.7 Å². The van der Waals surface area contributed by atoms with E-state index >= 15 is 0 Å². The number of benzene rings is 2. The number of hydrogen-bond acceptors (Lipinski definition) is 3. The average Bonchev–Trinajstić information content (AvgIpc) is 3.07. The lowest BCUT2D eigenvalue weighted by Crippen LogP contribution is -2.29. The SMILES string of the molecule is CC#CCc1cn(C(=O)CC)c(=O)n1Cc1ccc(-c2ccccc2C(=O)O)cc1. The molecule has 3 aromatic rings. The van der Waals surface area contributed by atoms with Gasteiger partial charge in [-0.3, -0.25) is 9.36 Å². The summed E-state index contributed by atoms with van der Waals surface area (Å²) in [5.41, 5.74) is 2.80. The summed E-state index contributed by atoms with van der Waals surface area (Å²) in [5, 5.41) is 9.40. The lowest BCUT2D eigenvalue weighted by molar-refractivity contribution is 0.0697. The third-order valence-corrected chi connectivity index (χ3v) is 4.84. The van der Waals surface area contributed by atoms with Crippen LogP contribution in [0, 0.1) is 11.8 Å². The summed E-state index contributed by atoms with van der Waals surface area (Å²) >= 11 is 0. The van der Waals surface area contributed by atoms with Crippen molar-refractivity contribution >= 4 is 11.9 Å². The molecule has 0 fully saturated rings. The maximum atomic E-state index is 12.8. The van der Waals surface area contributed by atoms with Crippen LogP contribution in [0.5, 0.6) is 0 Å². The molecule has 0 bridgehead atoms. The Morgan fingerprint density at radius 2 is 1.77 bits per heavy atom. The van der Waals surface area contributed by atoms with Gasteiger partial charge in [0.1, 0.15) is 0 Å². The number of rotatable bonds is 6. The fraction of sp³-hybridized carbons (Fsp3) is 0.208. The van der Waals surface area contributed by atoms with Crippen LogP contribution in [0.1, 0.15) is 46.7 Å². The van der Waals surface area contributed by atoms with Gasteiger partial charge in [0.15, 0.2) is 0 Å². The summed E-state index contributed by atoms with van der Waals surface area (Å²) in [6, 6.07) is 14.2. The van der Waals surface area contributed by atoms with Gasteiger partial charge >= 0.3 is 11.7 Å². The quantitative estimate of drug-likeness (QED) is 0.638. The van der Waals surface area contributed by atoms with Crippen LogP contribution in [0.3, 0.4) is 0 Å². The first kappa shape index (κ1) is 20.9. The van der Waals surface area contributed by atoms with Gasteiger partial charge in [-0.05, 0) is 29.7 Å². The van der Waals surface area contributed by atoms with E-state index in [1.54, 1.807) is 48.9 Å². The van der Waals surface area contributed by atoms with Crippen molar-refractivity contribution in [1.29, 1.82) is 0 Å². The highest BCUT2D eigenvalue weighted by Crippen LogP contribution is 2.24. The van der Waals surface area contributed by atoms with Crippen molar-refractivity contribution in [1.82, 2.24) is 9.13 Å². The predicted molar refractivity (Wildman–Crippen MR) is 115 cm³/mol. The fourth-order valence-corrected chi connectivity index (χ4v) is 3.26. The molecule has 0 saturated heterocycles. The van der Waals surface area contributed by atoms with Gasteiger partial charge in [-0.25, -0.2) is 14.2 Å². The van der Waals surface area contributed by atoms with Crippen molar-refractivity contribution in [2.45, 2.75) is 33.2 Å². The molecule has 0 aliphatic rings. The van der Waals surface area contributed by atoms with E-state index in [0.29, 0.717) is 24.2 Å². The lowest BCUT2D eigenvalue weighted by atomic mass is 9.99. The van der Waals surface area contributed by atoms with Gasteiger partial charge in [-0.15, -0.1) is 5.92 Å². The third kappa shape index (κ3) is 4.26. The predicted octanol–water partition coefficient (Wildman–Crippen LogP) is 3.68. The van der Waals surface area contributed by atoms with Gasteiger partial charge in [0, 0.05) is 12.6 Å². The Labute approximate surface area is 174 Å². The molecule has 1 heterocycles. The van der Waals surface area contributed by atoms with E-state index in [2.05, 4.69) is 11.8 Å². The van der Waals surface area contributed by atoms with Gasteiger partial charge in [0.2, 0.25) is 5.91 Å². The number of aromatic carboxylic acids is 1. The number of carbonyl (C=O) groups excluding carboxylic acids is 1. The van der Waals surface area contributed by atoms with E-state index in [0.717, 1.165) is 15.7 Å². The molecule has 3 rings (SSSR count). The summed E-state index contributed by atoms with van der Waals surface area (Å²) in [4.78, 5) is 36.3. The van der Waals surface area contributed by atoms with Gasteiger partial charge < -0.3 is 5.11 Å². The van der Waals surface area contributed by atoms with E-state index in [-0.39, 0.29) is 23.6 Å². The molecule has 0 saturated carbocycles. The number of carboxylic acids is 1. The summed E-state index contributed by atoms with van der Waals surface area (Å²) in [5.74, 6) is 4.52. The van der Waals surface area contributed by atoms with Crippen LogP contribution < -0.4 is 5.69 Å². The molecular formula is C24H22N2O4. The molecular weight excluding hydrogens is 380 g/mol. The zero-order chi connectivity index (χ0) is 21.7. The van der Waals surface area contributed by atoms with Crippen LogP contribution in [-0.2, 0) is 13.0 Å². The first-order valence-electron chi connectivity index (χ1n) is 9.61. The molecule has 6 heteroatoms. The molecule has 0 radical (unpaired) electrons. The monoisotopic (exact) mass is 402 g/mol. The van der Waals surface area contributed by atoms with Crippen molar-refractivity contribution in [3.05, 3.63) is 82.0 Å². The zero-order valence-electron chi connectivity index (χ0n) is 16.9. The Hall–Kier alpha value is -3.85. The topological polar surface area (TPSA) is 81.3 Å². The first-order chi connectivity index (χ1) is 14.5. The minimum absolute atomic E-state index is 0.233. The fourth-order valence-electron chi connectivity index (χ4n) is 3.26. The van der Waals surface area contributed by atoms with Crippen LogP contribution in [0.25, 0.3) is 11.1 Å². The van der Waals surface area contributed by atoms with Gasteiger partial charge in [-0.2, -0.15) is 0 Å². The van der Waals surface area contributed by atoms with E-state index < -0.39 is 5.97 Å². The second-order valence-electron chi connectivity index (χ2n) is 6.76. The van der Waals surface area contributed by atoms with Gasteiger partial charge in [-0.1, -0.05) is 55.3 Å². The average molecular weight is 402 g/mol. The standard InChI is InChI=1S/C24H22N2O4/c1-3-5-8-19-16-26(22(27)4-2)24(30)25(19)15-17-11-13-18(14-12-17)20-9-6-7-10-21(20)23(28)29/h6-7,9-14,16H,4,8,15H2,1-2H3,(H,28,29). The number of nitrogens with zero attached hydrogens (tertiary/aromatic N) is 2. The molecule has 0 spiro atoms. The van der Waals surface area contributed by atoms with Crippen LogP contribution in [0.15, 0.2) is 59.5 Å². The van der Waals surface area contributed by atoms with E-state index in [1.807, 2.05) is 24.3 Å². The first-order valence-corrected chi connectivity index (χ1v) is 9.61. The van der Waals surface area contributed by atoms with Crippen LogP contribution in [0.4, 0.5) is 0 Å². The van der Waals surface area contributed by atoms with Crippen LogP contribution >= 0.6 is 0 Å². The zero-order valence-corrected chi connectivity index (χ0v) is 16.9. The lowest BCUT2D eigenvalue weighted by Gasteiger charge is -2.09. The third-order valence-electron chi connectivity index (χ3n) is 4.84. The van der Waals surface area contributed by atoms with Crippen molar-refractivity contribution in [2.24, 2.45) is 0 Å². The number of carbonyl (C=O) groups is 2. The largest absolute Gasteiger partial charge is 0.478 e. The number of imidazole rings is 1. The minimum atomic E-state index is -0.982. The maximum Gasteiger partial charge on any atom is 0.336 e. The Morgan fingerprint density at radius 3 is 2.40 bits per heavy atom. The molecule has 1 aromatic heterocycles. The highest BCUT2D eigenvalue weighted by atomic mass is 16.4. The van der Waals surface area contributed by atoms with Crippen LogP contribution in [0.2, 0.25) is 0 Å². The second-order valence-corrected chi connectivity index (χ2v) is 6.76. The molecule has 2 aromatic carbocycles. The molecule has 30 heavy (non-hydrogen) atoms. The molecule has 0 aliphatic carbocycles. The van der Waals surface area contributed by atoms with Crippen LogP contribution in [-0.4, -0.2) is 26.1 Å². The van der Waals surface area contributed by atoms with E-state index in [4.69, 9.17) is 0 Å². The highest BCUT2D eigenvalue weighted by Gasteiger charge is 2.15. The number of aromatic nitrogens is 2. The summed E-state index contributed by atoms with van der Waals surface area (Å²) in [6.45, 7) is 3.74. The molecule has 152 valence electrons. The highest BCUT2D eigenvalue weighted by molar-refractivity contribution is 5.96. The van der Waals surface area contributed by atoms with Crippen molar-refractivity contribution in [3.63, 3.8) is 0 Å². The Balaban J connectivity index is 1.95. The van der Waals surface area contributed by atoms with Gasteiger partial charge in [0.25, 0.3) is 0 Å². The molecule has 0 amide bonds. The molecule has 6 nitrogen and oxygen atoms in total. The number of hydrogen-bond donors (Lipinski definition) is 1. The van der Waals surface area contributed by atoms with Gasteiger partial charge in [0.05, 0.1) is 24.2 Å². The molecule has 0 unspecified atom stereocenters. The van der Waals surface area contributed by atoms with E-state index in [1.165, 1.54) is 0 Å². The minimum Gasteiger partial charge on any atom is -0.478 e. The van der Waals surface area contributed by atoms with Crippen molar-refractivity contribution in [3.8, 4) is 23.0 Å². The molecule has 1 N–H and O–H groups in total. The summed E-state index contributed by atoms with van der Waals surface area (Å²) in [6.07, 6.45) is 2.18. The smallest absolute Gasteiger partial charge is 0.336 e.